The fourth-order valence-electron chi connectivity index (χ4n) is 2.18. The lowest BCUT2D eigenvalue weighted by molar-refractivity contribution is 0.589. The van der Waals surface area contributed by atoms with Crippen molar-refractivity contribution in [3.05, 3.63) is 51.0 Å². The lowest BCUT2D eigenvalue weighted by Crippen LogP contribution is -2.14. The molecular formula is C16H22N2S. The van der Waals surface area contributed by atoms with Crippen molar-refractivity contribution in [2.45, 2.75) is 46.1 Å². The minimum atomic E-state index is -0.0692. The van der Waals surface area contributed by atoms with E-state index in [1.54, 1.807) is 11.3 Å². The van der Waals surface area contributed by atoms with Gasteiger partial charge in [-0.05, 0) is 30.4 Å². The molecule has 1 atom stereocenters. The van der Waals surface area contributed by atoms with E-state index in [2.05, 4.69) is 50.0 Å². The summed E-state index contributed by atoms with van der Waals surface area (Å²) in [4.78, 5) is 5.62. The summed E-state index contributed by atoms with van der Waals surface area (Å²) < 4.78 is 0. The van der Waals surface area contributed by atoms with Crippen LogP contribution in [0.2, 0.25) is 0 Å². The molecule has 0 saturated heterocycles. The fraction of sp³-hybridized carbons (Fsp3) is 0.438. The van der Waals surface area contributed by atoms with Gasteiger partial charge in [0.2, 0.25) is 0 Å². The van der Waals surface area contributed by atoms with Gasteiger partial charge in [-0.1, -0.05) is 45.0 Å². The molecule has 0 bridgehead atoms. The van der Waals surface area contributed by atoms with Gasteiger partial charge in [0.1, 0.15) is 0 Å². The van der Waals surface area contributed by atoms with Crippen LogP contribution in [0, 0.1) is 13.8 Å². The summed E-state index contributed by atoms with van der Waals surface area (Å²) >= 11 is 1.69. The van der Waals surface area contributed by atoms with Crippen LogP contribution in [0.15, 0.2) is 24.3 Å². The van der Waals surface area contributed by atoms with Crippen molar-refractivity contribution in [1.29, 1.82) is 0 Å². The highest BCUT2D eigenvalue weighted by Gasteiger charge is 2.17. The molecule has 1 aromatic carbocycles. The predicted octanol–water partition coefficient (Wildman–Crippen LogP) is 4.11. The van der Waals surface area contributed by atoms with E-state index in [-0.39, 0.29) is 11.5 Å². The van der Waals surface area contributed by atoms with Crippen molar-refractivity contribution < 1.29 is 0 Å². The molecule has 0 radical (unpaired) electrons. The second kappa shape index (κ2) is 5.06. The first-order chi connectivity index (χ1) is 8.79. The van der Waals surface area contributed by atoms with Gasteiger partial charge >= 0.3 is 0 Å². The molecule has 2 N–H and O–H groups in total. The molecule has 0 aliphatic carbocycles. The average Bonchev–Trinajstić information content (AvgIpc) is 2.66. The van der Waals surface area contributed by atoms with Gasteiger partial charge in [-0.3, -0.25) is 0 Å². The zero-order valence-electron chi connectivity index (χ0n) is 12.3. The Morgan fingerprint density at radius 3 is 2.11 bits per heavy atom. The number of hydrogen-bond acceptors (Lipinski definition) is 3. The van der Waals surface area contributed by atoms with Crippen LogP contribution in [0.25, 0.3) is 0 Å². The van der Waals surface area contributed by atoms with E-state index in [4.69, 9.17) is 5.73 Å². The van der Waals surface area contributed by atoms with Crippen molar-refractivity contribution in [3.8, 4) is 0 Å². The molecule has 2 aromatic rings. The molecule has 102 valence electrons. The number of aromatic nitrogens is 1. The highest BCUT2D eigenvalue weighted by atomic mass is 32.1. The maximum Gasteiger partial charge on any atom is 0.0900 e. The van der Waals surface area contributed by atoms with Crippen LogP contribution in [0.4, 0.5) is 0 Å². The van der Waals surface area contributed by atoms with E-state index >= 15 is 0 Å². The number of aryl methyl sites for hydroxylation is 2. The molecule has 1 heterocycles. The van der Waals surface area contributed by atoms with Crippen LogP contribution < -0.4 is 5.73 Å². The summed E-state index contributed by atoms with van der Waals surface area (Å²) in [5.41, 5.74) is 10.1. The largest absolute Gasteiger partial charge is 0.320 e. The molecule has 0 aliphatic rings. The molecular weight excluding hydrogens is 252 g/mol. The molecule has 3 heteroatoms. The Kier molecular flexibility index (Phi) is 3.79. The number of nitrogens with zero attached hydrogens (tertiary/aromatic N) is 1. The van der Waals surface area contributed by atoms with Crippen molar-refractivity contribution in [2.24, 2.45) is 5.73 Å². The van der Waals surface area contributed by atoms with Gasteiger partial charge in [0.15, 0.2) is 0 Å². The Bertz CT molecular complexity index is 561. The smallest absolute Gasteiger partial charge is 0.0900 e. The molecule has 1 unspecified atom stereocenters. The van der Waals surface area contributed by atoms with Crippen molar-refractivity contribution in [1.82, 2.24) is 4.98 Å². The SMILES string of the molecule is Cc1nc(C)c(C(N)c2ccc(C(C)(C)C)cc2)s1. The lowest BCUT2D eigenvalue weighted by Gasteiger charge is -2.20. The third-order valence-electron chi connectivity index (χ3n) is 3.36. The van der Waals surface area contributed by atoms with Crippen LogP contribution >= 0.6 is 11.3 Å². The highest BCUT2D eigenvalue weighted by molar-refractivity contribution is 7.11. The summed E-state index contributed by atoms with van der Waals surface area (Å²) in [5.74, 6) is 0. The van der Waals surface area contributed by atoms with E-state index in [0.717, 1.165) is 16.3 Å². The first-order valence-corrected chi connectivity index (χ1v) is 7.40. The molecule has 19 heavy (non-hydrogen) atoms. The number of benzene rings is 1. The maximum absolute atomic E-state index is 6.36. The molecule has 0 amide bonds. The molecule has 0 aliphatic heterocycles. The molecule has 2 nitrogen and oxygen atoms in total. The van der Waals surface area contributed by atoms with Gasteiger partial charge in [-0.2, -0.15) is 0 Å². The molecule has 0 spiro atoms. The summed E-state index contributed by atoms with van der Waals surface area (Å²) in [6, 6.07) is 8.57. The van der Waals surface area contributed by atoms with Crippen molar-refractivity contribution >= 4 is 11.3 Å². The normalized spacial score (nSPS) is 13.6. The number of nitrogens with two attached hydrogens (primary N) is 1. The summed E-state index contributed by atoms with van der Waals surface area (Å²) in [7, 11) is 0. The molecule has 1 aromatic heterocycles. The fourth-order valence-corrected chi connectivity index (χ4v) is 3.13. The Morgan fingerprint density at radius 2 is 1.68 bits per heavy atom. The van der Waals surface area contributed by atoms with Crippen LogP contribution in [0.1, 0.15) is 53.5 Å². The second-order valence-corrected chi connectivity index (χ2v) is 7.27. The molecule has 0 fully saturated rings. The summed E-state index contributed by atoms with van der Waals surface area (Å²) in [6.07, 6.45) is 0. The Morgan fingerprint density at radius 1 is 1.11 bits per heavy atom. The maximum atomic E-state index is 6.36. The van der Waals surface area contributed by atoms with Crippen LogP contribution in [0.3, 0.4) is 0 Å². The van der Waals surface area contributed by atoms with Crippen molar-refractivity contribution in [2.75, 3.05) is 0 Å². The van der Waals surface area contributed by atoms with Gasteiger partial charge in [-0.15, -0.1) is 11.3 Å². The van der Waals surface area contributed by atoms with Crippen molar-refractivity contribution in [3.63, 3.8) is 0 Å². The van der Waals surface area contributed by atoms with Gasteiger partial charge in [0.25, 0.3) is 0 Å². The molecule has 0 saturated carbocycles. The van der Waals surface area contributed by atoms with E-state index in [1.807, 2.05) is 13.8 Å². The zero-order valence-corrected chi connectivity index (χ0v) is 13.1. The lowest BCUT2D eigenvalue weighted by atomic mass is 9.86. The van der Waals surface area contributed by atoms with Crippen LogP contribution in [0.5, 0.6) is 0 Å². The predicted molar refractivity (Wildman–Crippen MR) is 82.8 cm³/mol. The first-order valence-electron chi connectivity index (χ1n) is 6.59. The number of hydrogen-bond donors (Lipinski definition) is 1. The molecule has 2 rings (SSSR count). The van der Waals surface area contributed by atoms with Crippen LogP contribution in [-0.4, -0.2) is 4.98 Å². The number of rotatable bonds is 2. The quantitative estimate of drug-likeness (QED) is 0.895. The van der Waals surface area contributed by atoms with Gasteiger partial charge in [0.05, 0.1) is 16.7 Å². The average molecular weight is 274 g/mol. The minimum absolute atomic E-state index is 0.0692. The number of thiazole rings is 1. The topological polar surface area (TPSA) is 38.9 Å². The third kappa shape index (κ3) is 3.04. The first kappa shape index (κ1) is 14.2. The Balaban J connectivity index is 2.30. The van der Waals surface area contributed by atoms with E-state index < -0.39 is 0 Å². The summed E-state index contributed by atoms with van der Waals surface area (Å²) in [6.45, 7) is 10.7. The zero-order chi connectivity index (χ0) is 14.2. The third-order valence-corrected chi connectivity index (χ3v) is 4.51. The Labute approximate surface area is 119 Å². The van der Waals surface area contributed by atoms with Gasteiger partial charge in [0, 0.05) is 4.88 Å². The monoisotopic (exact) mass is 274 g/mol. The van der Waals surface area contributed by atoms with Gasteiger partial charge < -0.3 is 5.73 Å². The Hall–Kier alpha value is -1.19. The van der Waals surface area contributed by atoms with Crippen LogP contribution in [-0.2, 0) is 5.41 Å². The second-order valence-electron chi connectivity index (χ2n) is 6.03. The summed E-state index contributed by atoms with van der Waals surface area (Å²) in [5, 5.41) is 1.08. The standard InChI is InChI=1S/C16H22N2S/c1-10-15(19-11(2)18-10)14(17)12-6-8-13(9-7-12)16(3,4)5/h6-9,14H,17H2,1-5H3. The van der Waals surface area contributed by atoms with E-state index in [9.17, 15) is 0 Å². The minimum Gasteiger partial charge on any atom is -0.320 e. The van der Waals surface area contributed by atoms with Gasteiger partial charge in [-0.25, -0.2) is 4.98 Å². The van der Waals surface area contributed by atoms with E-state index in [1.165, 1.54) is 10.4 Å². The highest BCUT2D eigenvalue weighted by Crippen LogP contribution is 2.29. The van der Waals surface area contributed by atoms with E-state index in [0.29, 0.717) is 0 Å².